The Kier molecular flexibility index (Phi) is 7.45. The summed E-state index contributed by atoms with van der Waals surface area (Å²) in [5.74, 6) is -1.07. The molecule has 0 aliphatic rings. The first kappa shape index (κ1) is 14.5. The van der Waals surface area contributed by atoms with Gasteiger partial charge in [-0.25, -0.2) is 9.59 Å². The van der Waals surface area contributed by atoms with Crippen molar-refractivity contribution < 1.29 is 19.1 Å². The van der Waals surface area contributed by atoms with E-state index in [-0.39, 0.29) is 4.91 Å². The minimum absolute atomic E-state index is 0.0837. The number of methoxy groups -OCH3 is 2. The van der Waals surface area contributed by atoms with Gasteiger partial charge in [-0.15, -0.1) is 25.3 Å². The highest BCUT2D eigenvalue weighted by Gasteiger charge is 2.08. The molecule has 15 heavy (non-hydrogen) atoms. The van der Waals surface area contributed by atoms with Gasteiger partial charge in [0.25, 0.3) is 0 Å². The van der Waals surface area contributed by atoms with Gasteiger partial charge in [0.15, 0.2) is 0 Å². The van der Waals surface area contributed by atoms with Crippen LogP contribution in [0, 0.1) is 0 Å². The summed E-state index contributed by atoms with van der Waals surface area (Å²) in [4.78, 5) is 21.7. The van der Waals surface area contributed by atoms with E-state index in [1.165, 1.54) is 25.7 Å². The molecule has 0 aromatic heterocycles. The maximum atomic E-state index is 11.0. The van der Waals surface area contributed by atoms with Gasteiger partial charge >= 0.3 is 11.9 Å². The molecule has 0 rings (SSSR count). The van der Waals surface area contributed by atoms with Crippen LogP contribution in [0.15, 0.2) is 20.6 Å². The van der Waals surface area contributed by atoms with Crippen molar-refractivity contribution in [2.75, 3.05) is 14.2 Å². The van der Waals surface area contributed by atoms with Gasteiger partial charge in [-0.05, 0) is 5.41 Å². The molecule has 0 amide bonds. The fourth-order valence-electron chi connectivity index (χ4n) is 0.462. The fourth-order valence-corrected chi connectivity index (χ4v) is 1.49. The molecule has 0 aliphatic heterocycles. The van der Waals surface area contributed by atoms with E-state index in [1.54, 1.807) is 0 Å². The van der Waals surface area contributed by atoms with E-state index in [4.69, 9.17) is 0 Å². The summed E-state index contributed by atoms with van der Waals surface area (Å²) in [5, 5.41) is 1.44. The third kappa shape index (κ3) is 5.81. The van der Waals surface area contributed by atoms with Gasteiger partial charge in [-0.2, -0.15) is 0 Å². The molecule has 0 radical (unpaired) electrons. The van der Waals surface area contributed by atoms with Crippen molar-refractivity contribution in [3.8, 4) is 0 Å². The number of carbonyl (C=O) groups excluding carboxylic acids is 2. The number of thioether (sulfide) groups is 1. The number of rotatable bonds is 4. The SMILES string of the molecule is COC(=O)/C=C/S/C(S)=C(/S)C(=O)OC. The van der Waals surface area contributed by atoms with Crippen molar-refractivity contribution in [1.29, 1.82) is 0 Å². The maximum Gasteiger partial charge on any atom is 0.345 e. The predicted octanol–water partition coefficient (Wildman–Crippen LogP) is 1.61. The van der Waals surface area contributed by atoms with Crippen molar-refractivity contribution in [1.82, 2.24) is 0 Å². The monoisotopic (exact) mass is 266 g/mol. The molecule has 0 saturated carbocycles. The molecule has 7 heteroatoms. The Morgan fingerprint density at radius 2 is 1.80 bits per heavy atom. The molecule has 0 saturated heterocycles. The van der Waals surface area contributed by atoms with Crippen LogP contribution in [0.2, 0.25) is 0 Å². The van der Waals surface area contributed by atoms with Crippen LogP contribution >= 0.6 is 37.0 Å². The standard InChI is InChI=1S/C8H10O4S3/c1-11-5(9)3-4-15-8(14)6(13)7(10)12-2/h3-4,13-14H,1-2H3/b4-3+,8-6+. The highest BCUT2D eigenvalue weighted by Crippen LogP contribution is 2.27. The summed E-state index contributed by atoms with van der Waals surface area (Å²) in [6.45, 7) is 0. The number of hydrogen-bond donors (Lipinski definition) is 2. The van der Waals surface area contributed by atoms with Gasteiger partial charge in [0, 0.05) is 6.08 Å². The van der Waals surface area contributed by atoms with Gasteiger partial charge in [-0.1, -0.05) is 11.8 Å². The van der Waals surface area contributed by atoms with Crippen molar-refractivity contribution in [3.63, 3.8) is 0 Å². The van der Waals surface area contributed by atoms with E-state index >= 15 is 0 Å². The first-order valence-electron chi connectivity index (χ1n) is 3.64. The molecule has 0 aliphatic carbocycles. The average molecular weight is 266 g/mol. The van der Waals surface area contributed by atoms with Crippen molar-refractivity contribution in [3.05, 3.63) is 20.6 Å². The second-order valence-electron chi connectivity index (χ2n) is 2.09. The summed E-state index contributed by atoms with van der Waals surface area (Å²) >= 11 is 8.97. The van der Waals surface area contributed by atoms with Crippen LogP contribution in [0.3, 0.4) is 0 Å². The number of hydrogen-bond acceptors (Lipinski definition) is 7. The second-order valence-corrected chi connectivity index (χ2v) is 4.20. The Morgan fingerprint density at radius 3 is 2.27 bits per heavy atom. The van der Waals surface area contributed by atoms with Crippen LogP contribution in [-0.4, -0.2) is 26.2 Å². The number of thiol groups is 2. The van der Waals surface area contributed by atoms with Crippen LogP contribution < -0.4 is 0 Å². The van der Waals surface area contributed by atoms with Crippen LogP contribution in [-0.2, 0) is 19.1 Å². The zero-order valence-corrected chi connectivity index (χ0v) is 10.7. The maximum absolute atomic E-state index is 11.0. The van der Waals surface area contributed by atoms with E-state index in [2.05, 4.69) is 34.7 Å². The zero-order valence-electron chi connectivity index (χ0n) is 8.09. The summed E-state index contributed by atoms with van der Waals surface area (Å²) in [7, 11) is 2.52. The lowest BCUT2D eigenvalue weighted by molar-refractivity contribution is -0.135. The van der Waals surface area contributed by atoms with Crippen LogP contribution in [0.25, 0.3) is 0 Å². The van der Waals surface area contributed by atoms with E-state index in [0.29, 0.717) is 4.24 Å². The first-order chi connectivity index (χ1) is 7.02. The Labute approximate surface area is 103 Å². The average Bonchev–Trinajstić information content (AvgIpc) is 2.26. The summed E-state index contributed by atoms with van der Waals surface area (Å²) < 4.78 is 9.14. The molecule has 0 fully saturated rings. The third-order valence-electron chi connectivity index (χ3n) is 1.17. The van der Waals surface area contributed by atoms with E-state index < -0.39 is 11.9 Å². The lowest BCUT2D eigenvalue weighted by Crippen LogP contribution is -2.00. The predicted molar refractivity (Wildman–Crippen MR) is 65.8 cm³/mol. The van der Waals surface area contributed by atoms with Crippen molar-refractivity contribution in [2.45, 2.75) is 0 Å². The molecule has 4 nitrogen and oxygen atoms in total. The van der Waals surface area contributed by atoms with Gasteiger partial charge < -0.3 is 9.47 Å². The normalized spacial score (nSPS) is 12.3. The molecule has 0 atom stereocenters. The molecule has 0 aromatic carbocycles. The Bertz CT molecular complexity index is 309. The van der Waals surface area contributed by atoms with Crippen LogP contribution in [0.5, 0.6) is 0 Å². The Morgan fingerprint density at radius 1 is 1.20 bits per heavy atom. The summed E-state index contributed by atoms with van der Waals surface area (Å²) in [5.41, 5.74) is 0. The van der Waals surface area contributed by atoms with E-state index in [1.807, 2.05) is 0 Å². The van der Waals surface area contributed by atoms with Gasteiger partial charge in [0.2, 0.25) is 0 Å². The number of esters is 2. The topological polar surface area (TPSA) is 52.6 Å². The molecule has 0 aromatic rings. The minimum Gasteiger partial charge on any atom is -0.466 e. The number of ether oxygens (including phenoxy) is 2. The molecule has 0 N–H and O–H groups in total. The van der Waals surface area contributed by atoms with Gasteiger partial charge in [0.05, 0.1) is 18.5 Å². The van der Waals surface area contributed by atoms with Crippen LogP contribution in [0.1, 0.15) is 0 Å². The first-order valence-corrected chi connectivity index (χ1v) is 5.42. The zero-order chi connectivity index (χ0) is 11.8. The molecular weight excluding hydrogens is 256 g/mol. The quantitative estimate of drug-likeness (QED) is 0.460. The Balaban J connectivity index is 4.35. The van der Waals surface area contributed by atoms with E-state index in [0.717, 1.165) is 11.8 Å². The van der Waals surface area contributed by atoms with Gasteiger partial charge in [-0.3, -0.25) is 0 Å². The highest BCUT2D eigenvalue weighted by atomic mass is 32.2. The molecular formula is C8H10O4S3. The highest BCUT2D eigenvalue weighted by molar-refractivity contribution is 8.18. The molecule has 0 bridgehead atoms. The van der Waals surface area contributed by atoms with E-state index in [9.17, 15) is 9.59 Å². The molecule has 0 spiro atoms. The second kappa shape index (κ2) is 7.72. The largest absolute Gasteiger partial charge is 0.466 e. The summed E-state index contributed by atoms with van der Waals surface area (Å²) in [6, 6.07) is 0. The van der Waals surface area contributed by atoms with Crippen molar-refractivity contribution >= 4 is 49.0 Å². The number of carbonyl (C=O) groups is 2. The minimum atomic E-state index is -0.581. The Hall–Kier alpha value is -0.530. The molecule has 0 unspecified atom stereocenters. The van der Waals surface area contributed by atoms with Gasteiger partial charge in [0.1, 0.15) is 4.91 Å². The van der Waals surface area contributed by atoms with Crippen molar-refractivity contribution in [2.24, 2.45) is 0 Å². The molecule has 84 valence electrons. The summed E-state index contributed by atoms with van der Waals surface area (Å²) in [6.07, 6.45) is 1.21. The third-order valence-corrected chi connectivity index (χ3v) is 3.14. The molecule has 0 heterocycles. The lowest BCUT2D eigenvalue weighted by atomic mass is 10.6. The smallest absolute Gasteiger partial charge is 0.345 e. The lowest BCUT2D eigenvalue weighted by Gasteiger charge is -2.00. The van der Waals surface area contributed by atoms with Crippen LogP contribution in [0.4, 0.5) is 0 Å². The fraction of sp³-hybridized carbons (Fsp3) is 0.250.